The number of amides is 2. The van der Waals surface area contributed by atoms with Crippen LogP contribution in [0.4, 0.5) is 0 Å². The highest BCUT2D eigenvalue weighted by atomic mass is 79.9. The van der Waals surface area contributed by atoms with E-state index in [4.69, 9.17) is 0 Å². The third-order valence-electron chi connectivity index (χ3n) is 3.24. The lowest BCUT2D eigenvalue weighted by Crippen LogP contribution is -2.35. The van der Waals surface area contributed by atoms with Crippen LogP contribution in [0.2, 0.25) is 0 Å². The smallest absolute Gasteiger partial charge is 0.259 e. The zero-order valence-electron chi connectivity index (χ0n) is 13.2. The van der Waals surface area contributed by atoms with E-state index in [0.717, 1.165) is 5.56 Å². The van der Waals surface area contributed by atoms with Crippen molar-refractivity contribution < 1.29 is 14.7 Å². The van der Waals surface area contributed by atoms with E-state index >= 15 is 0 Å². The number of carbonyl (C=O) groups is 2. The second-order valence-electron chi connectivity index (χ2n) is 5.12. The molecule has 2 rings (SSSR count). The molecule has 0 unspecified atom stereocenters. The van der Waals surface area contributed by atoms with Crippen LogP contribution in [0.25, 0.3) is 0 Å². The van der Waals surface area contributed by atoms with Crippen LogP contribution in [0, 0.1) is 6.92 Å². The number of rotatable bonds is 5. The number of hydrazone groups is 1. The van der Waals surface area contributed by atoms with Gasteiger partial charge in [0.1, 0.15) is 5.75 Å². The molecule has 0 atom stereocenters. The summed E-state index contributed by atoms with van der Waals surface area (Å²) >= 11 is 6.42. The lowest BCUT2D eigenvalue weighted by molar-refractivity contribution is -0.120. The van der Waals surface area contributed by atoms with Crippen LogP contribution in [0.15, 0.2) is 50.4 Å². The number of aromatic hydroxyl groups is 1. The van der Waals surface area contributed by atoms with Crippen molar-refractivity contribution in [3.63, 3.8) is 0 Å². The average Bonchev–Trinajstić information content (AvgIpc) is 2.58. The van der Waals surface area contributed by atoms with Crippen LogP contribution in [0.5, 0.6) is 5.75 Å². The quantitative estimate of drug-likeness (QED) is 0.465. The molecule has 0 aliphatic heterocycles. The molecule has 0 aliphatic rings. The van der Waals surface area contributed by atoms with Crippen molar-refractivity contribution in [3.8, 4) is 5.75 Å². The Morgan fingerprint density at radius 3 is 2.48 bits per heavy atom. The number of carbonyl (C=O) groups excluding carboxylic acids is 2. The molecular formula is C17H15Br2N3O3. The van der Waals surface area contributed by atoms with Crippen LogP contribution in [0.3, 0.4) is 0 Å². The van der Waals surface area contributed by atoms with Gasteiger partial charge in [-0.15, -0.1) is 0 Å². The summed E-state index contributed by atoms with van der Waals surface area (Å²) < 4.78 is 1.00. The summed E-state index contributed by atoms with van der Waals surface area (Å²) in [6.07, 6.45) is 1.43. The number of phenols is 1. The molecule has 0 heterocycles. The predicted octanol–water partition coefficient (Wildman–Crippen LogP) is 3.11. The Balaban J connectivity index is 1.87. The molecule has 0 bridgehead atoms. The molecule has 130 valence electrons. The Morgan fingerprint density at radius 1 is 1.20 bits per heavy atom. The molecule has 0 spiro atoms. The van der Waals surface area contributed by atoms with Crippen molar-refractivity contribution in [2.24, 2.45) is 5.10 Å². The van der Waals surface area contributed by atoms with Gasteiger partial charge in [-0.2, -0.15) is 5.10 Å². The Morgan fingerprint density at radius 2 is 1.84 bits per heavy atom. The van der Waals surface area contributed by atoms with Gasteiger partial charge >= 0.3 is 0 Å². The second-order valence-corrected chi connectivity index (χ2v) is 6.83. The first kappa shape index (κ1) is 19.1. The highest BCUT2D eigenvalue weighted by Crippen LogP contribution is 2.32. The summed E-state index contributed by atoms with van der Waals surface area (Å²) in [5, 5.41) is 16.0. The lowest BCUT2D eigenvalue weighted by atomic mass is 10.1. The van der Waals surface area contributed by atoms with Gasteiger partial charge in [0, 0.05) is 5.56 Å². The molecule has 6 nitrogen and oxygen atoms in total. The standard InChI is InChI=1S/C17H15Br2N3O3/c1-10-4-2-3-5-12(10)17(25)20-9-15(23)22-21-8-11-6-13(18)16(24)14(19)7-11/h2-8,24H,9H2,1H3,(H,20,25)(H,22,23)/b21-8+. The molecular weight excluding hydrogens is 454 g/mol. The maximum atomic E-state index is 12.0. The Bertz CT molecular complexity index is 815. The van der Waals surface area contributed by atoms with E-state index in [2.05, 4.69) is 47.7 Å². The summed E-state index contributed by atoms with van der Waals surface area (Å²) in [6, 6.07) is 10.4. The molecule has 3 N–H and O–H groups in total. The molecule has 2 aromatic rings. The molecule has 0 saturated heterocycles. The number of hydrogen-bond donors (Lipinski definition) is 3. The van der Waals surface area contributed by atoms with Crippen molar-refractivity contribution in [3.05, 3.63) is 62.0 Å². The minimum absolute atomic E-state index is 0.0834. The Hall–Kier alpha value is -2.19. The van der Waals surface area contributed by atoms with Gasteiger partial charge < -0.3 is 10.4 Å². The van der Waals surface area contributed by atoms with Gasteiger partial charge in [-0.1, -0.05) is 18.2 Å². The largest absolute Gasteiger partial charge is 0.506 e. The second kappa shape index (κ2) is 8.77. The van der Waals surface area contributed by atoms with Crippen LogP contribution in [0.1, 0.15) is 21.5 Å². The molecule has 8 heteroatoms. The van der Waals surface area contributed by atoms with E-state index in [0.29, 0.717) is 20.1 Å². The number of nitrogens with zero attached hydrogens (tertiary/aromatic N) is 1. The van der Waals surface area contributed by atoms with Crippen molar-refractivity contribution in [2.45, 2.75) is 6.92 Å². The zero-order valence-corrected chi connectivity index (χ0v) is 16.4. The van der Waals surface area contributed by atoms with Crippen LogP contribution in [-0.4, -0.2) is 29.7 Å². The summed E-state index contributed by atoms with van der Waals surface area (Å²) in [5.41, 5.74) is 4.36. The van der Waals surface area contributed by atoms with Gasteiger partial charge in [-0.05, 0) is 68.1 Å². The van der Waals surface area contributed by atoms with Crippen LogP contribution >= 0.6 is 31.9 Å². The van der Waals surface area contributed by atoms with Gasteiger partial charge in [0.15, 0.2) is 0 Å². The summed E-state index contributed by atoms with van der Waals surface area (Å²) in [6.45, 7) is 1.64. The number of hydrogen-bond acceptors (Lipinski definition) is 4. The van der Waals surface area contributed by atoms with Gasteiger partial charge in [0.2, 0.25) is 0 Å². The minimum Gasteiger partial charge on any atom is -0.506 e. The molecule has 2 amide bonds. The average molecular weight is 469 g/mol. The van der Waals surface area contributed by atoms with Crippen molar-refractivity contribution in [2.75, 3.05) is 6.54 Å². The van der Waals surface area contributed by atoms with Crippen molar-refractivity contribution in [1.82, 2.24) is 10.7 Å². The lowest BCUT2D eigenvalue weighted by Gasteiger charge is -2.06. The Kier molecular flexibility index (Phi) is 6.72. The maximum absolute atomic E-state index is 12.0. The van der Waals surface area contributed by atoms with E-state index in [1.807, 2.05) is 19.1 Å². The van der Waals surface area contributed by atoms with Gasteiger partial charge in [0.25, 0.3) is 11.8 Å². The first-order valence-corrected chi connectivity index (χ1v) is 8.81. The highest BCUT2D eigenvalue weighted by Gasteiger charge is 2.09. The van der Waals surface area contributed by atoms with Gasteiger partial charge in [-0.3, -0.25) is 9.59 Å². The van der Waals surface area contributed by atoms with Crippen molar-refractivity contribution in [1.29, 1.82) is 0 Å². The topological polar surface area (TPSA) is 90.8 Å². The number of aryl methyl sites for hydroxylation is 1. The predicted molar refractivity (Wildman–Crippen MR) is 103 cm³/mol. The first-order chi connectivity index (χ1) is 11.9. The molecule has 0 aromatic heterocycles. The monoisotopic (exact) mass is 467 g/mol. The van der Waals surface area contributed by atoms with E-state index < -0.39 is 5.91 Å². The third kappa shape index (κ3) is 5.40. The fourth-order valence-electron chi connectivity index (χ4n) is 1.96. The summed E-state index contributed by atoms with van der Waals surface area (Å²) in [5.74, 6) is -0.682. The molecule has 25 heavy (non-hydrogen) atoms. The maximum Gasteiger partial charge on any atom is 0.259 e. The van der Waals surface area contributed by atoms with E-state index in [1.54, 1.807) is 24.3 Å². The number of phenolic OH excluding ortho intramolecular Hbond substituents is 1. The normalized spacial score (nSPS) is 10.7. The molecule has 0 radical (unpaired) electrons. The third-order valence-corrected chi connectivity index (χ3v) is 4.45. The fraction of sp³-hybridized carbons (Fsp3) is 0.118. The highest BCUT2D eigenvalue weighted by molar-refractivity contribution is 9.11. The van der Waals surface area contributed by atoms with E-state index in [-0.39, 0.29) is 18.2 Å². The fourth-order valence-corrected chi connectivity index (χ4v) is 3.18. The molecule has 0 aliphatic carbocycles. The van der Waals surface area contributed by atoms with E-state index in [1.165, 1.54) is 6.21 Å². The molecule has 0 fully saturated rings. The molecule has 0 saturated carbocycles. The molecule has 2 aromatic carbocycles. The van der Waals surface area contributed by atoms with Crippen molar-refractivity contribution >= 4 is 49.9 Å². The summed E-state index contributed by atoms with van der Waals surface area (Å²) in [4.78, 5) is 23.8. The number of benzene rings is 2. The van der Waals surface area contributed by atoms with Crippen LogP contribution in [-0.2, 0) is 4.79 Å². The summed E-state index contributed by atoms with van der Waals surface area (Å²) in [7, 11) is 0. The first-order valence-electron chi connectivity index (χ1n) is 7.22. The number of nitrogens with one attached hydrogen (secondary N) is 2. The zero-order chi connectivity index (χ0) is 18.4. The Labute approximate surface area is 161 Å². The number of halogens is 2. The van der Waals surface area contributed by atoms with Gasteiger partial charge in [0.05, 0.1) is 21.7 Å². The minimum atomic E-state index is -0.449. The van der Waals surface area contributed by atoms with Crippen LogP contribution < -0.4 is 10.7 Å². The van der Waals surface area contributed by atoms with Gasteiger partial charge in [-0.25, -0.2) is 5.43 Å². The van der Waals surface area contributed by atoms with E-state index in [9.17, 15) is 14.7 Å². The SMILES string of the molecule is Cc1ccccc1C(=O)NCC(=O)N/N=C/c1cc(Br)c(O)c(Br)c1.